The van der Waals surface area contributed by atoms with Gasteiger partial charge < -0.3 is 10.4 Å². The van der Waals surface area contributed by atoms with E-state index in [0.717, 1.165) is 21.3 Å². The molecule has 0 saturated heterocycles. The molecule has 1 amide bonds. The summed E-state index contributed by atoms with van der Waals surface area (Å²) >= 11 is 3.28. The number of nitrogens with zero attached hydrogens (tertiary/aromatic N) is 1. The molecule has 7 heteroatoms. The molecule has 1 aromatic carbocycles. The molecule has 0 aliphatic carbocycles. The molecule has 0 aliphatic heterocycles. The predicted molar refractivity (Wildman–Crippen MR) is 96.6 cm³/mol. The molecule has 1 heterocycles. The fraction of sp³-hybridized carbons (Fsp3) is 0.353. The molecular weight excluding hydrogens is 344 g/mol. The van der Waals surface area contributed by atoms with Gasteiger partial charge in [-0.05, 0) is 37.1 Å². The molecule has 128 valence electrons. The summed E-state index contributed by atoms with van der Waals surface area (Å²) in [7, 11) is 0. The van der Waals surface area contributed by atoms with Crippen molar-refractivity contribution in [1.29, 1.82) is 0 Å². The molecule has 0 aliphatic rings. The average molecular weight is 364 g/mol. The summed E-state index contributed by atoms with van der Waals surface area (Å²) in [6.45, 7) is 5.51. The number of thioether (sulfide) groups is 1. The lowest BCUT2D eigenvalue weighted by Gasteiger charge is -2.17. The van der Waals surface area contributed by atoms with Crippen molar-refractivity contribution in [2.75, 3.05) is 0 Å². The monoisotopic (exact) mass is 364 g/mol. The van der Waals surface area contributed by atoms with Crippen LogP contribution in [0.15, 0.2) is 34.5 Å². The number of aliphatic carboxylic acids is 1. The number of thiazole rings is 1. The number of carbonyl (C=O) groups is 2. The Bertz CT molecular complexity index is 711. The van der Waals surface area contributed by atoms with Crippen LogP contribution >= 0.6 is 23.1 Å². The maximum atomic E-state index is 12.2. The summed E-state index contributed by atoms with van der Waals surface area (Å²) in [5, 5.41) is 14.8. The number of amides is 1. The minimum Gasteiger partial charge on any atom is -0.480 e. The highest BCUT2D eigenvalue weighted by atomic mass is 32.2. The first-order valence-corrected chi connectivity index (χ1v) is 9.41. The van der Waals surface area contributed by atoms with Gasteiger partial charge in [0.1, 0.15) is 6.04 Å². The largest absolute Gasteiger partial charge is 0.480 e. The van der Waals surface area contributed by atoms with Crippen LogP contribution in [0.4, 0.5) is 0 Å². The van der Waals surface area contributed by atoms with Gasteiger partial charge >= 0.3 is 5.97 Å². The minimum absolute atomic E-state index is 0.178. The van der Waals surface area contributed by atoms with Crippen LogP contribution in [-0.4, -0.2) is 28.0 Å². The molecule has 2 aromatic rings. The summed E-state index contributed by atoms with van der Waals surface area (Å²) in [4.78, 5) is 28.8. The number of nitrogens with one attached hydrogen (secondary N) is 1. The molecule has 0 bridgehead atoms. The predicted octanol–water partition coefficient (Wildman–Crippen LogP) is 3.58. The standard InChI is InChI=1S/C17H20N2O3S2/c1-10(2)15(17(21)22)19-16(20)12-4-6-14(7-5-12)24-9-13-8-23-11(3)18-13/h4-8,10,15H,9H2,1-3H3,(H,19,20)(H,21,22)/t15-/m1/s1. The van der Waals surface area contributed by atoms with Gasteiger partial charge in [-0.15, -0.1) is 23.1 Å². The fourth-order valence-corrected chi connectivity index (χ4v) is 3.58. The van der Waals surface area contributed by atoms with E-state index in [2.05, 4.69) is 10.3 Å². The van der Waals surface area contributed by atoms with E-state index in [9.17, 15) is 9.59 Å². The van der Waals surface area contributed by atoms with Gasteiger partial charge in [-0.25, -0.2) is 9.78 Å². The Morgan fingerprint density at radius 1 is 1.29 bits per heavy atom. The van der Waals surface area contributed by atoms with Crippen molar-refractivity contribution in [2.45, 2.75) is 37.5 Å². The Balaban J connectivity index is 1.95. The highest BCUT2D eigenvalue weighted by Gasteiger charge is 2.23. The van der Waals surface area contributed by atoms with Crippen LogP contribution in [0.25, 0.3) is 0 Å². The third-order valence-electron chi connectivity index (χ3n) is 3.39. The van der Waals surface area contributed by atoms with Gasteiger partial charge in [0.15, 0.2) is 0 Å². The van der Waals surface area contributed by atoms with E-state index in [-0.39, 0.29) is 11.8 Å². The number of hydrogen-bond acceptors (Lipinski definition) is 5. The lowest BCUT2D eigenvalue weighted by Crippen LogP contribution is -2.44. The molecule has 0 radical (unpaired) electrons. The molecule has 2 rings (SSSR count). The van der Waals surface area contributed by atoms with E-state index >= 15 is 0 Å². The second-order valence-corrected chi connectivity index (χ2v) is 7.82. The lowest BCUT2D eigenvalue weighted by molar-refractivity contribution is -0.140. The van der Waals surface area contributed by atoms with E-state index in [1.807, 2.05) is 24.4 Å². The van der Waals surface area contributed by atoms with Gasteiger partial charge in [-0.2, -0.15) is 0 Å². The number of benzene rings is 1. The van der Waals surface area contributed by atoms with E-state index in [1.165, 1.54) is 0 Å². The molecule has 0 fully saturated rings. The quantitative estimate of drug-likeness (QED) is 0.734. The summed E-state index contributed by atoms with van der Waals surface area (Å²) < 4.78 is 0. The Kier molecular flexibility index (Phi) is 6.39. The first-order valence-electron chi connectivity index (χ1n) is 7.54. The molecule has 1 atom stereocenters. The van der Waals surface area contributed by atoms with Crippen molar-refractivity contribution in [1.82, 2.24) is 10.3 Å². The fourth-order valence-electron chi connectivity index (χ4n) is 2.07. The third kappa shape index (κ3) is 5.07. The lowest BCUT2D eigenvalue weighted by atomic mass is 10.0. The number of aromatic nitrogens is 1. The van der Waals surface area contributed by atoms with E-state index in [4.69, 9.17) is 5.11 Å². The maximum absolute atomic E-state index is 12.2. The molecule has 2 N–H and O–H groups in total. The third-order valence-corrected chi connectivity index (χ3v) is 5.26. The number of carboxylic acid groups (broad SMARTS) is 1. The molecule has 0 unspecified atom stereocenters. The van der Waals surface area contributed by atoms with Crippen LogP contribution in [0, 0.1) is 12.8 Å². The van der Waals surface area contributed by atoms with Gasteiger partial charge in [-0.3, -0.25) is 4.79 Å². The normalized spacial score (nSPS) is 12.2. The smallest absolute Gasteiger partial charge is 0.326 e. The maximum Gasteiger partial charge on any atom is 0.326 e. The Labute approximate surface area is 149 Å². The first kappa shape index (κ1) is 18.5. The van der Waals surface area contributed by atoms with E-state index < -0.39 is 12.0 Å². The van der Waals surface area contributed by atoms with Crippen molar-refractivity contribution in [2.24, 2.45) is 5.92 Å². The molecule has 1 aromatic heterocycles. The number of hydrogen-bond donors (Lipinski definition) is 2. The zero-order valence-corrected chi connectivity index (χ0v) is 15.4. The SMILES string of the molecule is Cc1nc(CSc2ccc(C(=O)N[C@@H](C(=O)O)C(C)C)cc2)cs1. The summed E-state index contributed by atoms with van der Waals surface area (Å²) in [5.41, 5.74) is 1.50. The number of carbonyl (C=O) groups excluding carboxylic acids is 1. The van der Waals surface area contributed by atoms with Gasteiger partial charge in [0.2, 0.25) is 0 Å². The summed E-state index contributed by atoms with van der Waals surface area (Å²) in [6, 6.07) is 6.26. The van der Waals surface area contributed by atoms with Gasteiger partial charge in [-0.1, -0.05) is 13.8 Å². The van der Waals surface area contributed by atoms with Gasteiger partial charge in [0.25, 0.3) is 5.91 Å². The number of carboxylic acids is 1. The van der Waals surface area contributed by atoms with Crippen molar-refractivity contribution >= 4 is 35.0 Å². The Hall–Kier alpha value is -1.86. The van der Waals surface area contributed by atoms with Crippen LogP contribution in [-0.2, 0) is 10.5 Å². The van der Waals surface area contributed by atoms with Crippen molar-refractivity contribution < 1.29 is 14.7 Å². The summed E-state index contributed by atoms with van der Waals surface area (Å²) in [5.74, 6) is -0.792. The zero-order valence-electron chi connectivity index (χ0n) is 13.8. The molecule has 0 spiro atoms. The highest BCUT2D eigenvalue weighted by molar-refractivity contribution is 7.98. The topological polar surface area (TPSA) is 79.3 Å². The number of aryl methyl sites for hydroxylation is 1. The first-order chi connectivity index (χ1) is 11.4. The average Bonchev–Trinajstić information content (AvgIpc) is 2.95. The van der Waals surface area contributed by atoms with Gasteiger partial charge in [0, 0.05) is 21.6 Å². The Morgan fingerprint density at radius 2 is 1.96 bits per heavy atom. The summed E-state index contributed by atoms with van der Waals surface area (Å²) in [6.07, 6.45) is 0. The van der Waals surface area contributed by atoms with E-state index in [1.54, 1.807) is 49.1 Å². The van der Waals surface area contributed by atoms with E-state index in [0.29, 0.717) is 5.56 Å². The molecule has 24 heavy (non-hydrogen) atoms. The molecular formula is C17H20N2O3S2. The van der Waals surface area contributed by atoms with Crippen molar-refractivity contribution in [3.63, 3.8) is 0 Å². The van der Waals surface area contributed by atoms with Crippen LogP contribution in [0.5, 0.6) is 0 Å². The van der Waals surface area contributed by atoms with Crippen LogP contribution in [0.3, 0.4) is 0 Å². The van der Waals surface area contributed by atoms with Crippen LogP contribution in [0.1, 0.15) is 34.9 Å². The molecule has 5 nitrogen and oxygen atoms in total. The second-order valence-electron chi connectivity index (χ2n) is 5.70. The Morgan fingerprint density at radius 3 is 2.46 bits per heavy atom. The number of rotatable bonds is 7. The van der Waals surface area contributed by atoms with Crippen molar-refractivity contribution in [3.05, 3.63) is 45.9 Å². The van der Waals surface area contributed by atoms with Crippen LogP contribution in [0.2, 0.25) is 0 Å². The van der Waals surface area contributed by atoms with Gasteiger partial charge in [0.05, 0.1) is 10.7 Å². The van der Waals surface area contributed by atoms with Crippen LogP contribution < -0.4 is 5.32 Å². The minimum atomic E-state index is -1.02. The zero-order chi connectivity index (χ0) is 17.7. The highest BCUT2D eigenvalue weighted by Crippen LogP contribution is 2.24. The molecule has 0 saturated carbocycles. The second kappa shape index (κ2) is 8.30. The van der Waals surface area contributed by atoms with Crippen molar-refractivity contribution in [3.8, 4) is 0 Å².